The highest BCUT2D eigenvalue weighted by Gasteiger charge is 2.26. The molecule has 5 nitrogen and oxygen atoms in total. The summed E-state index contributed by atoms with van der Waals surface area (Å²) in [6, 6.07) is 9.16. The molecule has 1 amide bonds. The van der Waals surface area contributed by atoms with E-state index in [1.807, 2.05) is 12.1 Å². The monoisotopic (exact) mass is 341 g/mol. The first-order valence-electron chi connectivity index (χ1n) is 6.85. The summed E-state index contributed by atoms with van der Waals surface area (Å²) in [5.41, 5.74) is 1.44. The zero-order chi connectivity index (χ0) is 14.8. The van der Waals surface area contributed by atoms with Gasteiger partial charge in [0.05, 0.1) is 0 Å². The van der Waals surface area contributed by atoms with Gasteiger partial charge in [-0.1, -0.05) is 28.9 Å². The first kappa shape index (κ1) is 16.8. The van der Waals surface area contributed by atoms with E-state index < -0.39 is 0 Å². The van der Waals surface area contributed by atoms with Gasteiger partial charge >= 0.3 is 0 Å². The zero-order valence-corrected chi connectivity index (χ0v) is 13.7. The van der Waals surface area contributed by atoms with Crippen LogP contribution >= 0.6 is 24.0 Å². The number of nitrogens with zero attached hydrogens (tertiary/aromatic N) is 2. The van der Waals surface area contributed by atoms with Crippen LogP contribution in [-0.2, 0) is 0 Å². The quantitative estimate of drug-likeness (QED) is 0.932. The molecule has 1 aliphatic heterocycles. The Balaban J connectivity index is 0.00000176. The van der Waals surface area contributed by atoms with E-state index in [0.717, 1.165) is 25.1 Å². The third kappa shape index (κ3) is 3.43. The molecule has 0 bridgehead atoms. The van der Waals surface area contributed by atoms with E-state index in [1.54, 1.807) is 30.1 Å². The minimum atomic E-state index is -0.149. The van der Waals surface area contributed by atoms with Crippen molar-refractivity contribution in [2.24, 2.45) is 0 Å². The Hall–Kier alpha value is -1.56. The zero-order valence-electron chi connectivity index (χ0n) is 12.1. The number of amides is 1. The summed E-state index contributed by atoms with van der Waals surface area (Å²) >= 11 is 5.96. The lowest BCUT2D eigenvalue weighted by Crippen LogP contribution is -2.38. The Morgan fingerprint density at radius 2 is 2.27 bits per heavy atom. The topological polar surface area (TPSA) is 58.4 Å². The number of hydrogen-bond acceptors (Lipinski definition) is 4. The standard InChI is InChI=1S/C15H16ClN3O2.ClH/c1-19(12-5-6-17-9-12)15(20)14-8-13(18-21-14)10-3-2-4-11(16)7-10;/h2-4,7-8,12,17H,5-6,9H2,1H3;1H. The molecule has 0 spiro atoms. The lowest BCUT2D eigenvalue weighted by molar-refractivity contribution is 0.0702. The van der Waals surface area contributed by atoms with Crippen molar-refractivity contribution in [2.75, 3.05) is 20.1 Å². The van der Waals surface area contributed by atoms with E-state index in [-0.39, 0.29) is 30.1 Å². The van der Waals surface area contributed by atoms with Gasteiger partial charge in [-0.15, -0.1) is 12.4 Å². The molecule has 1 atom stereocenters. The molecule has 1 fully saturated rings. The van der Waals surface area contributed by atoms with Gasteiger partial charge in [-0.05, 0) is 25.1 Å². The van der Waals surface area contributed by atoms with Gasteiger partial charge in [0.1, 0.15) is 5.69 Å². The maximum Gasteiger partial charge on any atom is 0.292 e. The number of aromatic nitrogens is 1. The number of likely N-dealkylation sites (N-methyl/N-ethyl adjacent to an activating group) is 1. The van der Waals surface area contributed by atoms with Crippen molar-refractivity contribution in [1.29, 1.82) is 0 Å². The summed E-state index contributed by atoms with van der Waals surface area (Å²) in [5.74, 6) is 0.101. The molecule has 0 saturated carbocycles. The molecule has 1 saturated heterocycles. The average molecular weight is 342 g/mol. The minimum absolute atomic E-state index is 0. The second-order valence-corrected chi connectivity index (χ2v) is 5.59. The highest BCUT2D eigenvalue weighted by atomic mass is 35.5. The molecule has 1 unspecified atom stereocenters. The van der Waals surface area contributed by atoms with Crippen LogP contribution in [0.1, 0.15) is 17.0 Å². The largest absolute Gasteiger partial charge is 0.350 e. The van der Waals surface area contributed by atoms with E-state index in [9.17, 15) is 4.79 Å². The van der Waals surface area contributed by atoms with Gasteiger partial charge in [0.15, 0.2) is 0 Å². The first-order valence-corrected chi connectivity index (χ1v) is 7.23. The van der Waals surface area contributed by atoms with Crippen LogP contribution in [0.5, 0.6) is 0 Å². The molecule has 1 aromatic heterocycles. The van der Waals surface area contributed by atoms with Gasteiger partial charge in [-0.25, -0.2) is 0 Å². The molecule has 3 rings (SSSR count). The second-order valence-electron chi connectivity index (χ2n) is 5.15. The molecule has 0 radical (unpaired) electrons. The predicted octanol–water partition coefficient (Wildman–Crippen LogP) is 2.85. The summed E-state index contributed by atoms with van der Waals surface area (Å²) in [7, 11) is 1.79. The SMILES string of the molecule is CN(C(=O)c1cc(-c2cccc(Cl)c2)no1)C1CCNC1.Cl. The van der Waals surface area contributed by atoms with Gasteiger partial charge in [0.2, 0.25) is 5.76 Å². The van der Waals surface area contributed by atoms with Gasteiger partial charge in [0.25, 0.3) is 5.91 Å². The maximum atomic E-state index is 12.4. The second kappa shape index (κ2) is 7.13. The molecule has 2 aromatic rings. The van der Waals surface area contributed by atoms with Gasteiger partial charge in [-0.2, -0.15) is 0 Å². The van der Waals surface area contributed by atoms with E-state index in [0.29, 0.717) is 10.7 Å². The number of carbonyl (C=O) groups is 1. The average Bonchev–Trinajstić information content (AvgIpc) is 3.17. The fourth-order valence-corrected chi connectivity index (χ4v) is 2.66. The Labute approximate surface area is 140 Å². The number of rotatable bonds is 3. The molecule has 1 aromatic carbocycles. The summed E-state index contributed by atoms with van der Waals surface area (Å²) in [4.78, 5) is 14.1. The van der Waals surface area contributed by atoms with E-state index in [4.69, 9.17) is 16.1 Å². The molecule has 2 heterocycles. The van der Waals surface area contributed by atoms with Crippen LogP contribution in [0.15, 0.2) is 34.9 Å². The Kier molecular flexibility index (Phi) is 5.45. The van der Waals surface area contributed by atoms with Crippen LogP contribution < -0.4 is 5.32 Å². The highest BCUT2D eigenvalue weighted by Crippen LogP contribution is 2.23. The van der Waals surface area contributed by atoms with Gasteiger partial charge in [-0.3, -0.25) is 4.79 Å². The highest BCUT2D eigenvalue weighted by molar-refractivity contribution is 6.30. The Morgan fingerprint density at radius 1 is 1.45 bits per heavy atom. The lowest BCUT2D eigenvalue weighted by Gasteiger charge is -2.22. The summed E-state index contributed by atoms with van der Waals surface area (Å²) < 4.78 is 5.20. The van der Waals surface area contributed by atoms with Crippen molar-refractivity contribution in [1.82, 2.24) is 15.4 Å². The van der Waals surface area contributed by atoms with Crippen LogP contribution in [0.4, 0.5) is 0 Å². The van der Waals surface area contributed by atoms with Gasteiger partial charge in [0, 0.05) is 36.3 Å². The molecule has 118 valence electrons. The summed E-state index contributed by atoms with van der Waals surface area (Å²) in [6.07, 6.45) is 0.956. The van der Waals surface area contributed by atoms with Crippen LogP contribution in [0.25, 0.3) is 11.3 Å². The summed E-state index contributed by atoms with van der Waals surface area (Å²) in [5, 5.41) is 7.83. The Bertz CT molecular complexity index is 654. The number of carbonyl (C=O) groups excluding carboxylic acids is 1. The molecular formula is C15H17Cl2N3O2. The van der Waals surface area contributed by atoms with Crippen molar-refractivity contribution in [3.8, 4) is 11.3 Å². The first-order chi connectivity index (χ1) is 10.1. The van der Waals surface area contributed by atoms with Crippen molar-refractivity contribution in [2.45, 2.75) is 12.5 Å². The third-order valence-corrected chi connectivity index (χ3v) is 3.98. The fourth-order valence-electron chi connectivity index (χ4n) is 2.47. The molecule has 7 heteroatoms. The molecule has 1 aliphatic rings. The van der Waals surface area contributed by atoms with E-state index >= 15 is 0 Å². The maximum absolute atomic E-state index is 12.4. The molecular weight excluding hydrogens is 325 g/mol. The van der Waals surface area contributed by atoms with Gasteiger partial charge < -0.3 is 14.7 Å². The van der Waals surface area contributed by atoms with Crippen molar-refractivity contribution in [3.63, 3.8) is 0 Å². The van der Waals surface area contributed by atoms with Crippen molar-refractivity contribution in [3.05, 3.63) is 41.1 Å². The predicted molar refractivity (Wildman–Crippen MR) is 87.6 cm³/mol. The molecule has 22 heavy (non-hydrogen) atoms. The minimum Gasteiger partial charge on any atom is -0.350 e. The van der Waals surface area contributed by atoms with Crippen molar-refractivity contribution >= 4 is 29.9 Å². The van der Waals surface area contributed by atoms with Crippen LogP contribution in [-0.4, -0.2) is 42.1 Å². The number of benzene rings is 1. The number of halogens is 2. The Morgan fingerprint density at radius 3 is 2.95 bits per heavy atom. The smallest absolute Gasteiger partial charge is 0.292 e. The lowest BCUT2D eigenvalue weighted by atomic mass is 10.1. The normalized spacial score (nSPS) is 17.1. The van der Waals surface area contributed by atoms with Crippen molar-refractivity contribution < 1.29 is 9.32 Å². The van der Waals surface area contributed by atoms with Crippen LogP contribution in [0.3, 0.4) is 0 Å². The fraction of sp³-hybridized carbons (Fsp3) is 0.333. The number of hydrogen-bond donors (Lipinski definition) is 1. The van der Waals surface area contributed by atoms with Crippen LogP contribution in [0.2, 0.25) is 5.02 Å². The summed E-state index contributed by atoms with van der Waals surface area (Å²) in [6.45, 7) is 1.75. The van der Waals surface area contributed by atoms with E-state index in [1.165, 1.54) is 0 Å². The van der Waals surface area contributed by atoms with E-state index in [2.05, 4.69) is 10.5 Å². The molecule has 0 aliphatic carbocycles. The number of nitrogens with one attached hydrogen (secondary N) is 1. The molecule has 1 N–H and O–H groups in total. The third-order valence-electron chi connectivity index (χ3n) is 3.74. The van der Waals surface area contributed by atoms with Crippen LogP contribution in [0, 0.1) is 0 Å².